The molecule has 0 spiro atoms. The molecule has 2 heterocycles. The van der Waals surface area contributed by atoms with Gasteiger partial charge >= 0.3 is 0 Å². The lowest BCUT2D eigenvalue weighted by Crippen LogP contribution is -2.15. The molecule has 0 aliphatic carbocycles. The number of anilines is 2. The summed E-state index contributed by atoms with van der Waals surface area (Å²) >= 11 is 5.67. The first kappa shape index (κ1) is 12.3. The quantitative estimate of drug-likeness (QED) is 0.816. The number of rotatable bonds is 2. The van der Waals surface area contributed by atoms with E-state index >= 15 is 0 Å². The van der Waals surface area contributed by atoms with Crippen LogP contribution >= 0.6 is 11.6 Å². The number of nitrogen functional groups attached to an aromatic ring is 1. The minimum Gasteiger partial charge on any atom is -0.397 e. The number of hydrogen-bond acceptors (Lipinski definition) is 4. The van der Waals surface area contributed by atoms with Gasteiger partial charge in [0.15, 0.2) is 0 Å². The minimum atomic E-state index is -0.687. The molecule has 0 saturated heterocycles. The molecule has 5 nitrogen and oxygen atoms in total. The number of nitrogens with two attached hydrogens (primary N) is 1. The summed E-state index contributed by atoms with van der Waals surface area (Å²) in [4.78, 5) is 19.1. The molecule has 2 aromatic heterocycles. The van der Waals surface area contributed by atoms with Crippen LogP contribution in [0.5, 0.6) is 0 Å². The van der Waals surface area contributed by atoms with Gasteiger partial charge in [-0.05, 0) is 18.2 Å². The van der Waals surface area contributed by atoms with Crippen LogP contribution in [0.15, 0.2) is 30.5 Å². The molecule has 0 saturated carbocycles. The summed E-state index contributed by atoms with van der Waals surface area (Å²) < 4.78 is 12.8. The van der Waals surface area contributed by atoms with Gasteiger partial charge in [-0.15, -0.1) is 0 Å². The summed E-state index contributed by atoms with van der Waals surface area (Å²) in [7, 11) is 0. The molecule has 0 radical (unpaired) electrons. The van der Waals surface area contributed by atoms with E-state index in [4.69, 9.17) is 17.3 Å². The maximum Gasteiger partial charge on any atom is 0.259 e. The lowest BCUT2D eigenvalue weighted by Gasteiger charge is -2.06. The van der Waals surface area contributed by atoms with Crippen LogP contribution in [0.2, 0.25) is 5.15 Å². The average Bonchev–Trinajstić information content (AvgIpc) is 2.32. The molecule has 0 aliphatic rings. The first-order chi connectivity index (χ1) is 8.56. The highest BCUT2D eigenvalue weighted by molar-refractivity contribution is 6.30. The Bertz CT molecular complexity index is 605. The predicted molar refractivity (Wildman–Crippen MR) is 65.8 cm³/mol. The molecule has 0 fully saturated rings. The van der Waals surface area contributed by atoms with E-state index in [1.165, 1.54) is 30.5 Å². The Morgan fingerprint density at radius 1 is 1.44 bits per heavy atom. The van der Waals surface area contributed by atoms with Gasteiger partial charge in [-0.1, -0.05) is 17.7 Å². The molecule has 0 bridgehead atoms. The normalized spacial score (nSPS) is 10.1. The molecule has 92 valence electrons. The van der Waals surface area contributed by atoms with E-state index in [1.807, 2.05) is 0 Å². The van der Waals surface area contributed by atoms with Crippen molar-refractivity contribution in [1.29, 1.82) is 0 Å². The topological polar surface area (TPSA) is 80.9 Å². The maximum atomic E-state index is 12.8. The van der Waals surface area contributed by atoms with Crippen LogP contribution < -0.4 is 11.1 Å². The third-order valence-corrected chi connectivity index (χ3v) is 2.31. The molecule has 0 unspecified atom stereocenters. The van der Waals surface area contributed by atoms with Crippen molar-refractivity contribution in [1.82, 2.24) is 9.97 Å². The summed E-state index contributed by atoms with van der Waals surface area (Å²) in [6.45, 7) is 0. The van der Waals surface area contributed by atoms with E-state index in [0.717, 1.165) is 0 Å². The second kappa shape index (κ2) is 4.97. The summed E-state index contributed by atoms with van der Waals surface area (Å²) in [6, 6.07) is 5.39. The van der Waals surface area contributed by atoms with Gasteiger partial charge in [0.2, 0.25) is 5.95 Å². The summed E-state index contributed by atoms with van der Waals surface area (Å²) in [6.07, 6.45) is 1.27. The van der Waals surface area contributed by atoms with E-state index in [0.29, 0.717) is 0 Å². The van der Waals surface area contributed by atoms with Crippen LogP contribution in [0.3, 0.4) is 0 Å². The summed E-state index contributed by atoms with van der Waals surface area (Å²) in [5.74, 6) is -1.13. The van der Waals surface area contributed by atoms with Crippen LogP contribution in [0.1, 0.15) is 10.4 Å². The van der Waals surface area contributed by atoms with Crippen molar-refractivity contribution < 1.29 is 9.18 Å². The van der Waals surface area contributed by atoms with Gasteiger partial charge in [-0.2, -0.15) is 4.39 Å². The predicted octanol–water partition coefficient (Wildman–Crippen LogP) is 2.10. The Hall–Kier alpha value is -2.21. The van der Waals surface area contributed by atoms with E-state index in [2.05, 4.69) is 15.3 Å². The number of nitrogens with one attached hydrogen (secondary N) is 1. The fourth-order valence-electron chi connectivity index (χ4n) is 1.30. The number of carbonyl (C=O) groups is 1. The van der Waals surface area contributed by atoms with Crippen LogP contribution in [0.4, 0.5) is 15.9 Å². The van der Waals surface area contributed by atoms with Crippen molar-refractivity contribution >= 4 is 29.0 Å². The number of nitrogens with zero attached hydrogens (tertiary/aromatic N) is 2. The molecule has 3 N–H and O–H groups in total. The smallest absolute Gasteiger partial charge is 0.259 e. The second-order valence-electron chi connectivity index (χ2n) is 3.39. The highest BCUT2D eigenvalue weighted by Crippen LogP contribution is 2.16. The van der Waals surface area contributed by atoms with Gasteiger partial charge in [0.25, 0.3) is 5.91 Å². The number of pyridine rings is 2. The molecular formula is C11H8ClFN4O. The van der Waals surface area contributed by atoms with Crippen molar-refractivity contribution in [3.63, 3.8) is 0 Å². The second-order valence-corrected chi connectivity index (χ2v) is 3.78. The number of aromatic nitrogens is 2. The number of hydrogen-bond donors (Lipinski definition) is 2. The lowest BCUT2D eigenvalue weighted by molar-refractivity contribution is 0.102. The molecule has 1 amide bonds. The largest absolute Gasteiger partial charge is 0.397 e. The van der Waals surface area contributed by atoms with Gasteiger partial charge < -0.3 is 11.1 Å². The zero-order chi connectivity index (χ0) is 13.1. The Morgan fingerprint density at radius 3 is 2.94 bits per heavy atom. The fourth-order valence-corrected chi connectivity index (χ4v) is 1.46. The zero-order valence-corrected chi connectivity index (χ0v) is 9.78. The molecule has 2 aromatic rings. The molecule has 0 aromatic carbocycles. The number of halogens is 2. The van der Waals surface area contributed by atoms with Gasteiger partial charge in [-0.25, -0.2) is 9.97 Å². The van der Waals surface area contributed by atoms with Crippen molar-refractivity contribution in [3.8, 4) is 0 Å². The van der Waals surface area contributed by atoms with E-state index in [-0.39, 0.29) is 22.2 Å². The minimum absolute atomic E-state index is 0.0901. The van der Waals surface area contributed by atoms with Crippen LogP contribution in [0.25, 0.3) is 0 Å². The molecule has 18 heavy (non-hydrogen) atoms. The van der Waals surface area contributed by atoms with Crippen LogP contribution in [-0.2, 0) is 0 Å². The third-order valence-electron chi connectivity index (χ3n) is 2.10. The Labute approximate surface area is 107 Å². The SMILES string of the molecule is Nc1cnc(Cl)cc1C(=O)Nc1cccc(F)n1. The molecule has 2 rings (SSSR count). The Balaban J connectivity index is 2.24. The Morgan fingerprint density at radius 2 is 2.22 bits per heavy atom. The van der Waals surface area contributed by atoms with Crippen LogP contribution in [0, 0.1) is 5.95 Å². The first-order valence-electron chi connectivity index (χ1n) is 4.91. The average molecular weight is 267 g/mol. The van der Waals surface area contributed by atoms with Crippen LogP contribution in [-0.4, -0.2) is 15.9 Å². The molecule has 0 atom stereocenters. The monoisotopic (exact) mass is 266 g/mol. The first-order valence-corrected chi connectivity index (χ1v) is 5.29. The lowest BCUT2D eigenvalue weighted by atomic mass is 10.2. The number of amides is 1. The molecule has 7 heteroatoms. The van der Waals surface area contributed by atoms with Gasteiger partial charge in [-0.3, -0.25) is 4.79 Å². The standard InChI is InChI=1S/C11H8ClFN4O/c12-8-4-6(7(14)5-15-8)11(18)17-10-3-1-2-9(13)16-10/h1-5H,14H2,(H,16,17,18). The highest BCUT2D eigenvalue weighted by atomic mass is 35.5. The molecule has 0 aliphatic heterocycles. The summed E-state index contributed by atoms with van der Waals surface area (Å²) in [5.41, 5.74) is 5.93. The van der Waals surface area contributed by atoms with Crippen molar-refractivity contribution in [3.05, 3.63) is 47.1 Å². The van der Waals surface area contributed by atoms with Gasteiger partial charge in [0.05, 0.1) is 17.4 Å². The van der Waals surface area contributed by atoms with Gasteiger partial charge in [0.1, 0.15) is 11.0 Å². The van der Waals surface area contributed by atoms with Crippen molar-refractivity contribution in [2.75, 3.05) is 11.1 Å². The van der Waals surface area contributed by atoms with Crippen molar-refractivity contribution in [2.45, 2.75) is 0 Å². The van der Waals surface area contributed by atoms with E-state index in [1.54, 1.807) is 0 Å². The van der Waals surface area contributed by atoms with E-state index < -0.39 is 11.9 Å². The Kier molecular flexibility index (Phi) is 3.38. The fraction of sp³-hybridized carbons (Fsp3) is 0. The summed E-state index contributed by atoms with van der Waals surface area (Å²) in [5, 5.41) is 2.55. The third kappa shape index (κ3) is 2.72. The van der Waals surface area contributed by atoms with E-state index in [9.17, 15) is 9.18 Å². The van der Waals surface area contributed by atoms with Crippen molar-refractivity contribution in [2.24, 2.45) is 0 Å². The van der Waals surface area contributed by atoms with Gasteiger partial charge in [0, 0.05) is 0 Å². The maximum absolute atomic E-state index is 12.8. The zero-order valence-electron chi connectivity index (χ0n) is 9.02. The molecular weight excluding hydrogens is 259 g/mol. The highest BCUT2D eigenvalue weighted by Gasteiger charge is 2.12. The number of carbonyl (C=O) groups excluding carboxylic acids is 1.